The molecule has 2 rings (SSSR count). The molecule has 0 aliphatic carbocycles. The normalized spacial score (nSPS) is 12.2. The molecule has 0 spiro atoms. The van der Waals surface area contributed by atoms with E-state index in [1.165, 1.54) is 0 Å². The zero-order chi connectivity index (χ0) is 28.7. The van der Waals surface area contributed by atoms with Crippen LogP contribution in [-0.4, -0.2) is 43.5 Å². The van der Waals surface area contributed by atoms with E-state index < -0.39 is 17.1 Å². The van der Waals surface area contributed by atoms with Gasteiger partial charge >= 0.3 is 17.1 Å². The van der Waals surface area contributed by atoms with Gasteiger partial charge in [0.15, 0.2) is 0 Å². The second kappa shape index (κ2) is 17.0. The minimum absolute atomic E-state index is 0.678. The van der Waals surface area contributed by atoms with E-state index in [9.17, 15) is 0 Å². The maximum absolute atomic E-state index is 6.62. The summed E-state index contributed by atoms with van der Waals surface area (Å²) in [5, 5.41) is 0. The number of hydrogen-bond donors (Lipinski definition) is 2. The molecule has 4 N–H and O–H groups in total. The molecule has 2 aromatic rings. The number of nitrogens with two attached hydrogens (primary N) is 2. The van der Waals surface area contributed by atoms with Crippen molar-refractivity contribution in [3.05, 3.63) is 47.5 Å². The fraction of sp³-hybridized carbons (Fsp3) is 0.600. The van der Waals surface area contributed by atoms with Gasteiger partial charge in [-0.2, -0.15) is 0 Å². The van der Waals surface area contributed by atoms with E-state index in [0.717, 1.165) is 78.2 Å². The van der Waals surface area contributed by atoms with Crippen LogP contribution in [0.15, 0.2) is 36.4 Å². The quantitative estimate of drug-likeness (QED) is 0.124. The van der Waals surface area contributed by atoms with Gasteiger partial charge in [-0.05, 0) is 120 Å². The maximum Gasteiger partial charge on any atom is 0.337 e. The lowest BCUT2D eigenvalue weighted by atomic mass is 9.96. The molecule has 2 aromatic carbocycles. The van der Waals surface area contributed by atoms with E-state index in [-0.39, 0.29) is 0 Å². The highest BCUT2D eigenvalue weighted by molar-refractivity contribution is 6.67. The molecule has 0 atom stereocenters. The zero-order valence-corrected chi connectivity index (χ0v) is 27.1. The predicted molar refractivity (Wildman–Crippen MR) is 167 cm³/mol. The van der Waals surface area contributed by atoms with Crippen molar-refractivity contribution < 1.29 is 22.4 Å². The third-order valence-electron chi connectivity index (χ3n) is 7.21. The fourth-order valence-electron chi connectivity index (χ4n) is 5.27. The summed E-state index contributed by atoms with van der Waals surface area (Å²) in [7, 11) is -4.46. The van der Waals surface area contributed by atoms with Crippen molar-refractivity contribution in [1.82, 2.24) is 0 Å². The van der Waals surface area contributed by atoms with E-state index in [1.54, 1.807) is 0 Å². The largest absolute Gasteiger partial charge is 0.457 e. The molecule has 0 heterocycles. The molecular formula is C30H52N2O5Si2. The Hall–Kier alpha value is -1.89. The number of ether oxygens (including phenoxy) is 1. The summed E-state index contributed by atoms with van der Waals surface area (Å²) >= 11 is 0. The predicted octanol–water partition coefficient (Wildman–Crippen LogP) is 7.58. The standard InChI is InChI=1S/C30H52N2O5Si2/c1-7-33-38(11-5,34-8-2)23-13-15-27-28(16-14-24-39(12-6,35-9-3)36-10-4)30(22-21-29(27)32)37-26-19-17-25(31)18-20-26/h17-22H,7-16,23-24,31-32H2,1-6H3. The number of hydrogen-bond acceptors (Lipinski definition) is 7. The van der Waals surface area contributed by atoms with E-state index >= 15 is 0 Å². The van der Waals surface area contributed by atoms with Gasteiger partial charge in [-0.25, -0.2) is 0 Å². The van der Waals surface area contributed by atoms with Gasteiger partial charge in [0, 0.05) is 43.4 Å². The van der Waals surface area contributed by atoms with Crippen LogP contribution >= 0.6 is 0 Å². The summed E-state index contributed by atoms with van der Waals surface area (Å²) in [5.74, 6) is 1.60. The van der Waals surface area contributed by atoms with Gasteiger partial charge in [-0.15, -0.1) is 0 Å². The molecule has 39 heavy (non-hydrogen) atoms. The lowest BCUT2D eigenvalue weighted by molar-refractivity contribution is 0.182. The Balaban J connectivity index is 2.34. The molecule has 0 bridgehead atoms. The SMILES string of the molecule is CCO[Si](CC)(CCCc1c(N)ccc(Oc2ccc(N)cc2)c1CCC[Si](CC)(OCC)OCC)OCC. The molecular weight excluding hydrogens is 525 g/mol. The smallest absolute Gasteiger partial charge is 0.337 e. The maximum atomic E-state index is 6.62. The minimum atomic E-state index is -2.24. The van der Waals surface area contributed by atoms with Crippen LogP contribution in [0.5, 0.6) is 11.5 Å². The van der Waals surface area contributed by atoms with Gasteiger partial charge < -0.3 is 33.9 Å². The summed E-state index contributed by atoms with van der Waals surface area (Å²) < 4.78 is 31.3. The van der Waals surface area contributed by atoms with E-state index in [0.29, 0.717) is 32.1 Å². The summed E-state index contributed by atoms with van der Waals surface area (Å²) in [6.07, 6.45) is 3.59. The number of anilines is 2. The van der Waals surface area contributed by atoms with Crippen LogP contribution < -0.4 is 16.2 Å². The highest BCUT2D eigenvalue weighted by atomic mass is 28.4. The summed E-state index contributed by atoms with van der Waals surface area (Å²) in [5.41, 5.74) is 16.4. The fourth-order valence-corrected chi connectivity index (χ4v) is 11.1. The molecule has 0 aliphatic rings. The monoisotopic (exact) mass is 576 g/mol. The van der Waals surface area contributed by atoms with Gasteiger partial charge in [-0.1, -0.05) is 13.8 Å². The highest BCUT2D eigenvalue weighted by Gasteiger charge is 2.35. The Morgan fingerprint density at radius 2 is 1.05 bits per heavy atom. The van der Waals surface area contributed by atoms with Crippen molar-refractivity contribution in [2.45, 2.75) is 91.4 Å². The molecule has 7 nitrogen and oxygen atoms in total. The molecule has 0 aromatic heterocycles. The zero-order valence-electron chi connectivity index (χ0n) is 25.1. The molecule has 0 saturated heterocycles. The van der Waals surface area contributed by atoms with E-state index in [2.05, 4.69) is 41.5 Å². The molecule has 0 unspecified atom stereocenters. The summed E-state index contributed by atoms with van der Waals surface area (Å²) in [4.78, 5) is 0. The minimum Gasteiger partial charge on any atom is -0.457 e. The average molecular weight is 577 g/mol. The van der Waals surface area contributed by atoms with Crippen LogP contribution in [0.25, 0.3) is 0 Å². The molecule has 0 fully saturated rings. The van der Waals surface area contributed by atoms with Gasteiger partial charge in [0.2, 0.25) is 0 Å². The van der Waals surface area contributed by atoms with Gasteiger partial charge in [0.05, 0.1) is 0 Å². The lowest BCUT2D eigenvalue weighted by Gasteiger charge is -2.30. The van der Waals surface area contributed by atoms with Crippen molar-refractivity contribution >= 4 is 28.5 Å². The van der Waals surface area contributed by atoms with Crippen LogP contribution in [0.2, 0.25) is 24.2 Å². The third-order valence-corrected chi connectivity index (χ3v) is 14.9. The third kappa shape index (κ3) is 9.91. The Bertz CT molecular complexity index is 963. The Morgan fingerprint density at radius 1 is 0.590 bits per heavy atom. The first-order chi connectivity index (χ1) is 18.8. The summed E-state index contributed by atoms with van der Waals surface area (Å²) in [6, 6.07) is 15.2. The van der Waals surface area contributed by atoms with Crippen molar-refractivity contribution in [3.8, 4) is 11.5 Å². The average Bonchev–Trinajstić information content (AvgIpc) is 2.93. The Morgan fingerprint density at radius 3 is 1.49 bits per heavy atom. The Kier molecular flexibility index (Phi) is 14.6. The second-order valence-electron chi connectivity index (χ2n) is 9.75. The van der Waals surface area contributed by atoms with Crippen LogP contribution in [0.3, 0.4) is 0 Å². The van der Waals surface area contributed by atoms with E-state index in [1.807, 2.05) is 36.4 Å². The van der Waals surface area contributed by atoms with Crippen molar-refractivity contribution in [2.24, 2.45) is 0 Å². The topological polar surface area (TPSA) is 98.2 Å². The van der Waals surface area contributed by atoms with Gasteiger partial charge in [0.25, 0.3) is 0 Å². The van der Waals surface area contributed by atoms with E-state index in [4.69, 9.17) is 33.9 Å². The van der Waals surface area contributed by atoms with Crippen molar-refractivity contribution in [1.29, 1.82) is 0 Å². The number of benzene rings is 2. The first kappa shape index (κ1) is 33.3. The first-order valence-corrected chi connectivity index (χ1v) is 19.3. The van der Waals surface area contributed by atoms with Crippen LogP contribution in [0.1, 0.15) is 65.5 Å². The molecule has 0 radical (unpaired) electrons. The number of rotatable bonds is 20. The molecule has 220 valence electrons. The molecule has 0 amide bonds. The lowest BCUT2D eigenvalue weighted by Crippen LogP contribution is -2.41. The van der Waals surface area contributed by atoms with Crippen LogP contribution in [0, 0.1) is 0 Å². The van der Waals surface area contributed by atoms with Gasteiger partial charge in [0.1, 0.15) is 11.5 Å². The van der Waals surface area contributed by atoms with Crippen molar-refractivity contribution in [2.75, 3.05) is 37.9 Å². The first-order valence-electron chi connectivity index (χ1n) is 14.8. The Labute approximate surface area is 239 Å². The summed E-state index contributed by atoms with van der Waals surface area (Å²) in [6.45, 7) is 15.3. The van der Waals surface area contributed by atoms with Gasteiger partial charge in [-0.3, -0.25) is 0 Å². The van der Waals surface area contributed by atoms with Crippen molar-refractivity contribution in [3.63, 3.8) is 0 Å². The molecule has 9 heteroatoms. The molecule has 0 aliphatic heterocycles. The highest BCUT2D eigenvalue weighted by Crippen LogP contribution is 2.35. The van der Waals surface area contributed by atoms with Crippen LogP contribution in [-0.2, 0) is 30.5 Å². The number of nitrogen functional groups attached to an aromatic ring is 2. The second-order valence-corrected chi connectivity index (χ2v) is 17.0. The van der Waals surface area contributed by atoms with Crippen LogP contribution in [0.4, 0.5) is 11.4 Å². The molecule has 0 saturated carbocycles.